The number of aromatic nitrogens is 1. The van der Waals surface area contributed by atoms with Gasteiger partial charge in [-0.2, -0.15) is 0 Å². The van der Waals surface area contributed by atoms with Crippen molar-refractivity contribution >= 4 is 15.9 Å². The lowest BCUT2D eigenvalue weighted by atomic mass is 9.93. The lowest BCUT2D eigenvalue weighted by Gasteiger charge is -2.22. The normalized spacial score (nSPS) is 14.8. The molecule has 0 aromatic carbocycles. The number of aliphatic hydroxyl groups is 1. The van der Waals surface area contributed by atoms with Crippen molar-refractivity contribution in [2.75, 3.05) is 0 Å². The summed E-state index contributed by atoms with van der Waals surface area (Å²) in [5.41, 5.74) is 0.320. The molecular weight excluding hydrogens is 266 g/mol. The number of hydrogen-bond acceptors (Lipinski definition) is 2. The number of halogens is 1. The molecule has 0 amide bonds. The highest BCUT2D eigenvalue weighted by atomic mass is 79.9. The first-order valence-corrected chi connectivity index (χ1v) is 6.65. The zero-order valence-electron chi connectivity index (χ0n) is 10.0. The molecule has 1 unspecified atom stereocenters. The number of pyridine rings is 1. The molecule has 1 aromatic rings. The first-order chi connectivity index (χ1) is 7.53. The van der Waals surface area contributed by atoms with Crippen LogP contribution < -0.4 is 0 Å². The smallest absolute Gasteiger partial charge is 0.0675 e. The van der Waals surface area contributed by atoms with Gasteiger partial charge in [0.25, 0.3) is 0 Å². The summed E-state index contributed by atoms with van der Waals surface area (Å²) >= 11 is 3.35. The Bertz CT molecular complexity index is 308. The minimum atomic E-state index is -0.629. The molecule has 0 aliphatic heterocycles. The second kappa shape index (κ2) is 6.36. The second-order valence-corrected chi connectivity index (χ2v) is 5.51. The zero-order chi connectivity index (χ0) is 12.0. The van der Waals surface area contributed by atoms with Crippen molar-refractivity contribution in [3.05, 3.63) is 28.5 Å². The Morgan fingerprint density at radius 3 is 2.69 bits per heavy atom. The van der Waals surface area contributed by atoms with Crippen molar-refractivity contribution < 1.29 is 5.11 Å². The fraction of sp³-hybridized carbons (Fsp3) is 0.615. The molecule has 0 radical (unpaired) electrons. The van der Waals surface area contributed by atoms with Gasteiger partial charge in [0.05, 0.1) is 5.60 Å². The summed E-state index contributed by atoms with van der Waals surface area (Å²) in [6, 6.07) is 3.92. The minimum absolute atomic E-state index is 0.629. The highest BCUT2D eigenvalue weighted by Crippen LogP contribution is 2.19. The third-order valence-electron chi connectivity index (χ3n) is 2.67. The molecule has 0 spiro atoms. The summed E-state index contributed by atoms with van der Waals surface area (Å²) in [6.45, 7) is 4.07. The van der Waals surface area contributed by atoms with Crippen LogP contribution in [0.3, 0.4) is 0 Å². The van der Waals surface area contributed by atoms with Gasteiger partial charge in [0.1, 0.15) is 0 Å². The summed E-state index contributed by atoms with van der Waals surface area (Å²) in [6.07, 6.45) is 6.70. The van der Waals surface area contributed by atoms with E-state index in [2.05, 4.69) is 27.8 Å². The minimum Gasteiger partial charge on any atom is -0.390 e. The molecule has 1 aromatic heterocycles. The monoisotopic (exact) mass is 285 g/mol. The van der Waals surface area contributed by atoms with Gasteiger partial charge in [-0.15, -0.1) is 0 Å². The van der Waals surface area contributed by atoms with Gasteiger partial charge in [0.15, 0.2) is 0 Å². The third kappa shape index (κ3) is 5.08. The predicted molar refractivity (Wildman–Crippen MR) is 70.4 cm³/mol. The second-order valence-electron chi connectivity index (χ2n) is 4.60. The molecule has 1 rings (SSSR count). The van der Waals surface area contributed by atoms with Crippen LogP contribution >= 0.6 is 15.9 Å². The van der Waals surface area contributed by atoms with Gasteiger partial charge in [-0.3, -0.25) is 4.98 Å². The van der Waals surface area contributed by atoms with Crippen molar-refractivity contribution in [1.82, 2.24) is 4.98 Å². The average Bonchev–Trinajstić information content (AvgIpc) is 2.21. The van der Waals surface area contributed by atoms with Crippen LogP contribution in [0, 0.1) is 0 Å². The first kappa shape index (κ1) is 13.7. The standard InChI is InChI=1S/C13H20BrNO/c1-3-4-5-8-13(2,16)9-12-7-6-11(14)10-15-12/h6-7,10,16H,3-5,8-9H2,1-2H3. The van der Waals surface area contributed by atoms with Gasteiger partial charge < -0.3 is 5.11 Å². The molecule has 2 nitrogen and oxygen atoms in total. The van der Waals surface area contributed by atoms with E-state index in [1.807, 2.05) is 19.1 Å². The number of rotatable bonds is 6. The molecule has 16 heavy (non-hydrogen) atoms. The first-order valence-electron chi connectivity index (χ1n) is 5.86. The van der Waals surface area contributed by atoms with Gasteiger partial charge in [-0.1, -0.05) is 26.2 Å². The quantitative estimate of drug-likeness (QED) is 0.808. The molecule has 1 atom stereocenters. The Morgan fingerprint density at radius 2 is 2.12 bits per heavy atom. The molecule has 1 N–H and O–H groups in total. The summed E-state index contributed by atoms with van der Waals surface area (Å²) in [7, 11) is 0. The maximum Gasteiger partial charge on any atom is 0.0675 e. The van der Waals surface area contributed by atoms with Gasteiger partial charge in [0, 0.05) is 22.8 Å². The van der Waals surface area contributed by atoms with E-state index in [1.165, 1.54) is 12.8 Å². The summed E-state index contributed by atoms with van der Waals surface area (Å²) in [5.74, 6) is 0. The highest BCUT2D eigenvalue weighted by molar-refractivity contribution is 9.10. The SMILES string of the molecule is CCCCCC(C)(O)Cc1ccc(Br)cn1. The van der Waals surface area contributed by atoms with E-state index in [1.54, 1.807) is 6.20 Å². The molecule has 0 aliphatic rings. The van der Waals surface area contributed by atoms with Gasteiger partial charge >= 0.3 is 0 Å². The number of unbranched alkanes of at least 4 members (excludes halogenated alkanes) is 2. The van der Waals surface area contributed by atoms with E-state index in [-0.39, 0.29) is 0 Å². The Kier molecular flexibility index (Phi) is 5.42. The van der Waals surface area contributed by atoms with Crippen LogP contribution in [0.2, 0.25) is 0 Å². The van der Waals surface area contributed by atoms with E-state index >= 15 is 0 Å². The molecule has 0 aliphatic carbocycles. The number of nitrogens with zero attached hydrogens (tertiary/aromatic N) is 1. The van der Waals surface area contributed by atoms with Crippen LogP contribution in [0.25, 0.3) is 0 Å². The topological polar surface area (TPSA) is 33.1 Å². The lowest BCUT2D eigenvalue weighted by Crippen LogP contribution is -2.27. The van der Waals surface area contributed by atoms with E-state index in [9.17, 15) is 5.11 Å². The van der Waals surface area contributed by atoms with Crippen molar-refractivity contribution in [2.24, 2.45) is 0 Å². The maximum atomic E-state index is 10.2. The van der Waals surface area contributed by atoms with Crippen molar-refractivity contribution in [3.8, 4) is 0 Å². The van der Waals surface area contributed by atoms with E-state index < -0.39 is 5.60 Å². The molecule has 1 heterocycles. The van der Waals surface area contributed by atoms with Crippen LogP contribution in [0.5, 0.6) is 0 Å². The average molecular weight is 286 g/mol. The number of hydrogen-bond donors (Lipinski definition) is 1. The zero-order valence-corrected chi connectivity index (χ0v) is 11.6. The van der Waals surface area contributed by atoms with Crippen molar-refractivity contribution in [2.45, 2.75) is 51.6 Å². The van der Waals surface area contributed by atoms with Crippen molar-refractivity contribution in [1.29, 1.82) is 0 Å². The Hall–Kier alpha value is -0.410. The van der Waals surface area contributed by atoms with E-state index in [0.717, 1.165) is 23.0 Å². The Labute approximate surface area is 106 Å². The fourth-order valence-corrected chi connectivity index (χ4v) is 1.98. The molecule has 0 fully saturated rings. The van der Waals surface area contributed by atoms with E-state index in [0.29, 0.717) is 6.42 Å². The molecule has 90 valence electrons. The Morgan fingerprint density at radius 1 is 1.38 bits per heavy atom. The predicted octanol–water partition coefficient (Wildman–Crippen LogP) is 3.72. The molecule has 3 heteroatoms. The third-order valence-corrected chi connectivity index (χ3v) is 3.14. The van der Waals surface area contributed by atoms with Crippen molar-refractivity contribution in [3.63, 3.8) is 0 Å². The van der Waals surface area contributed by atoms with Crippen LogP contribution in [0.15, 0.2) is 22.8 Å². The summed E-state index contributed by atoms with van der Waals surface area (Å²) in [5, 5.41) is 10.2. The van der Waals surface area contributed by atoms with E-state index in [4.69, 9.17) is 0 Å². The van der Waals surface area contributed by atoms with Crippen LogP contribution in [-0.2, 0) is 6.42 Å². The molecule has 0 saturated carbocycles. The van der Waals surface area contributed by atoms with Crippen LogP contribution in [-0.4, -0.2) is 15.7 Å². The summed E-state index contributed by atoms with van der Waals surface area (Å²) < 4.78 is 0.974. The van der Waals surface area contributed by atoms with Crippen LogP contribution in [0.4, 0.5) is 0 Å². The largest absolute Gasteiger partial charge is 0.390 e. The molecular formula is C13H20BrNO. The van der Waals surface area contributed by atoms with Gasteiger partial charge in [0.2, 0.25) is 0 Å². The fourth-order valence-electron chi connectivity index (χ4n) is 1.75. The molecule has 0 saturated heterocycles. The maximum absolute atomic E-state index is 10.2. The summed E-state index contributed by atoms with van der Waals surface area (Å²) in [4.78, 5) is 4.28. The molecule has 0 bridgehead atoms. The van der Waals surface area contributed by atoms with Gasteiger partial charge in [-0.25, -0.2) is 0 Å². The highest BCUT2D eigenvalue weighted by Gasteiger charge is 2.20. The Balaban J connectivity index is 2.48. The lowest BCUT2D eigenvalue weighted by molar-refractivity contribution is 0.0476. The van der Waals surface area contributed by atoms with Gasteiger partial charge in [-0.05, 0) is 41.4 Å². The van der Waals surface area contributed by atoms with Crippen LogP contribution in [0.1, 0.15) is 45.2 Å².